The van der Waals surface area contributed by atoms with Crippen LogP contribution in [0.4, 0.5) is 0 Å². The van der Waals surface area contributed by atoms with E-state index in [0.29, 0.717) is 19.3 Å². The first-order valence-electron chi connectivity index (χ1n) is 31.1. The first-order valence-corrected chi connectivity index (χ1v) is 32.6. The van der Waals surface area contributed by atoms with E-state index in [0.717, 1.165) is 56.1 Å². The molecule has 0 radical (unpaired) electrons. The Balaban J connectivity index is 0.00000255. The molecule has 0 aliphatic heterocycles. The molecular formula is C66H114NO11P. The summed E-state index contributed by atoms with van der Waals surface area (Å²) in [6.45, 7) is 15.3. The highest BCUT2D eigenvalue weighted by molar-refractivity contribution is 7.47. The van der Waals surface area contributed by atoms with E-state index in [4.69, 9.17) is 23.6 Å². The highest BCUT2D eigenvalue weighted by Gasteiger charge is 2.26. The van der Waals surface area contributed by atoms with Crippen LogP contribution in [-0.4, -0.2) is 66.8 Å². The first-order chi connectivity index (χ1) is 38.0. The number of allylic oxidation sites excluding steroid dienone is 13. The maximum atomic E-state index is 12.1. The van der Waals surface area contributed by atoms with Crippen molar-refractivity contribution in [1.82, 2.24) is 5.32 Å². The summed E-state index contributed by atoms with van der Waals surface area (Å²) in [4.78, 5) is 56.4. The van der Waals surface area contributed by atoms with Gasteiger partial charge < -0.3 is 24.8 Å². The average molecular weight is 1130 g/mol. The van der Waals surface area contributed by atoms with Gasteiger partial charge in [0.1, 0.15) is 6.61 Å². The molecule has 0 aromatic heterocycles. The third-order valence-electron chi connectivity index (χ3n) is 14.0. The normalized spacial score (nSPS) is 14.8. The minimum Gasteiger partial charge on any atom is -0.481 e. The van der Waals surface area contributed by atoms with Crippen LogP contribution in [0.3, 0.4) is 0 Å². The van der Waals surface area contributed by atoms with Gasteiger partial charge in [0.05, 0.1) is 19.8 Å². The van der Waals surface area contributed by atoms with Gasteiger partial charge in [0.25, 0.3) is 0 Å². The van der Waals surface area contributed by atoms with Crippen molar-refractivity contribution in [3.63, 3.8) is 0 Å². The quantitative estimate of drug-likeness (QED) is 0.0174. The van der Waals surface area contributed by atoms with E-state index in [1.54, 1.807) is 0 Å². The van der Waals surface area contributed by atoms with Crippen LogP contribution < -0.4 is 5.32 Å². The summed E-state index contributed by atoms with van der Waals surface area (Å²) < 4.78 is 32.4. The Morgan fingerprint density at radius 3 is 1.63 bits per heavy atom. The number of nitrogens with one attached hydrogen (secondary N) is 1. The van der Waals surface area contributed by atoms with Gasteiger partial charge in [-0.1, -0.05) is 202 Å². The van der Waals surface area contributed by atoms with Crippen molar-refractivity contribution in [2.24, 2.45) is 5.41 Å². The molecule has 0 fully saturated rings. The first kappa shape index (κ1) is 75.2. The van der Waals surface area contributed by atoms with Gasteiger partial charge in [0.15, 0.2) is 0 Å². The lowest BCUT2D eigenvalue weighted by molar-refractivity contribution is -0.144. The van der Waals surface area contributed by atoms with Crippen molar-refractivity contribution >= 4 is 31.6 Å². The number of carbonyl (C=O) groups excluding carboxylic acids is 3. The van der Waals surface area contributed by atoms with Crippen LogP contribution in [0.5, 0.6) is 0 Å². The van der Waals surface area contributed by atoms with E-state index in [9.17, 15) is 28.6 Å². The Labute approximate surface area is 481 Å². The zero-order chi connectivity index (χ0) is 58.5. The van der Waals surface area contributed by atoms with Crippen LogP contribution in [0, 0.1) is 5.41 Å². The van der Waals surface area contributed by atoms with Crippen LogP contribution in [0.25, 0.3) is 0 Å². The topological polar surface area (TPSA) is 175 Å². The predicted octanol–water partition coefficient (Wildman–Crippen LogP) is 18.6. The van der Waals surface area contributed by atoms with E-state index in [1.165, 1.54) is 152 Å². The van der Waals surface area contributed by atoms with Crippen molar-refractivity contribution in [3.8, 4) is 0 Å². The number of hydrogen-bond acceptors (Lipinski definition) is 9. The number of hydrogen-bond donors (Lipinski definition) is 3. The smallest absolute Gasteiger partial charge is 0.472 e. The molecule has 12 nitrogen and oxygen atoms in total. The van der Waals surface area contributed by atoms with Crippen LogP contribution in [0.1, 0.15) is 273 Å². The largest absolute Gasteiger partial charge is 0.481 e. The second kappa shape index (κ2) is 52.3. The fourth-order valence-corrected chi connectivity index (χ4v) is 9.85. The third-order valence-corrected chi connectivity index (χ3v) is 15.0. The molecular weight excluding hydrogens is 1010 g/mol. The summed E-state index contributed by atoms with van der Waals surface area (Å²) in [5, 5.41) is 11.1. The number of amides is 1. The molecule has 13 heteroatoms. The lowest BCUT2D eigenvalue weighted by Crippen LogP contribution is -2.27. The minimum atomic E-state index is -4.31. The van der Waals surface area contributed by atoms with Gasteiger partial charge in [0.2, 0.25) is 5.91 Å². The summed E-state index contributed by atoms with van der Waals surface area (Å²) in [6, 6.07) is 0. The Kier molecular flexibility index (Phi) is 49.7. The van der Waals surface area contributed by atoms with Crippen molar-refractivity contribution in [3.05, 3.63) is 83.1 Å². The molecule has 1 aliphatic carbocycles. The van der Waals surface area contributed by atoms with E-state index in [1.807, 2.05) is 25.2 Å². The van der Waals surface area contributed by atoms with Gasteiger partial charge in [-0.05, 0) is 128 Å². The molecule has 1 rings (SSSR count). The molecule has 79 heavy (non-hydrogen) atoms. The summed E-state index contributed by atoms with van der Waals surface area (Å²) in [5.74, 6) is -1.65. The number of unbranched alkanes of at least 4 members (excludes halogenated alkanes) is 22. The molecule has 0 heterocycles. The zero-order valence-corrected chi connectivity index (χ0v) is 52.0. The summed E-state index contributed by atoms with van der Waals surface area (Å²) >= 11 is 0. The molecule has 1 atom stereocenters. The summed E-state index contributed by atoms with van der Waals surface area (Å²) in [7, 11) is -4.31. The maximum Gasteiger partial charge on any atom is 0.472 e. The molecule has 0 saturated carbocycles. The van der Waals surface area contributed by atoms with Crippen molar-refractivity contribution in [1.29, 1.82) is 0 Å². The second-order valence-corrected chi connectivity index (χ2v) is 23.6. The second-order valence-electron chi connectivity index (χ2n) is 22.1. The number of rotatable bonds is 49. The van der Waals surface area contributed by atoms with Gasteiger partial charge in [-0.2, -0.15) is 0 Å². The van der Waals surface area contributed by atoms with Crippen LogP contribution >= 0.6 is 7.82 Å². The SMILES string of the molecule is CCCCCCCC/C=C\CCCCCCCC(=O)O.CCCCCCCC/C=C\CCCCCCCC(=O)OCCCOP(=O)(O)OCCNC(=O)CCCC(=O)OC/C=C(C)/C=C/C=C(C)/C=C/C1=C(C)CCCC1(C)C. The van der Waals surface area contributed by atoms with Gasteiger partial charge in [-0.3, -0.25) is 28.2 Å². The van der Waals surface area contributed by atoms with Gasteiger partial charge in [-0.25, -0.2) is 4.57 Å². The number of esters is 2. The number of carboxylic acid groups (broad SMARTS) is 1. The van der Waals surface area contributed by atoms with Gasteiger partial charge >= 0.3 is 25.7 Å². The average Bonchev–Trinajstić information content (AvgIpc) is 3.40. The third kappa shape index (κ3) is 50.8. The lowest BCUT2D eigenvalue weighted by Gasteiger charge is -2.32. The highest BCUT2D eigenvalue weighted by atomic mass is 31.2. The van der Waals surface area contributed by atoms with Crippen LogP contribution in [0.15, 0.2) is 83.1 Å². The van der Waals surface area contributed by atoms with Gasteiger partial charge in [0, 0.05) is 38.6 Å². The van der Waals surface area contributed by atoms with Crippen molar-refractivity contribution in [2.75, 3.05) is 33.0 Å². The van der Waals surface area contributed by atoms with Crippen molar-refractivity contribution < 1.29 is 52.3 Å². The predicted molar refractivity (Wildman–Crippen MR) is 328 cm³/mol. The molecule has 1 unspecified atom stereocenters. The fraction of sp³-hybridized carbons (Fsp3) is 0.727. The van der Waals surface area contributed by atoms with E-state index in [-0.39, 0.29) is 69.5 Å². The molecule has 0 aromatic rings. The minimum absolute atomic E-state index is 0.00365. The Hall–Kier alpha value is -3.83. The molecule has 1 aliphatic rings. The number of carbonyl (C=O) groups is 4. The molecule has 3 N–H and O–H groups in total. The molecule has 0 saturated heterocycles. The van der Waals surface area contributed by atoms with Crippen LogP contribution in [0.2, 0.25) is 0 Å². The molecule has 0 spiro atoms. The summed E-state index contributed by atoms with van der Waals surface area (Å²) in [6.07, 6.45) is 58.4. The molecule has 1 amide bonds. The van der Waals surface area contributed by atoms with E-state index < -0.39 is 19.8 Å². The Bertz CT molecular complexity index is 1860. The number of phosphoric acid groups is 1. The number of carboxylic acids is 1. The standard InChI is InChI=1S/C48H80NO9P.C18H34O2/c1-7-8-9-10-11-12-13-14-15-16-17-18-19-20-21-30-46(51)55-37-25-38-57-59(53,54)58-40-36-49-45(50)29-23-31-47(52)56-39-34-42(3)27-22-26-41(2)32-33-44-43(4)28-24-35-48(44,5)6;1-2-3-4-5-6-7-8-9-10-11-12-13-14-15-16-17-18(19)20/h14-15,22,26-27,32-34H,7-13,16-21,23-25,28-31,35-40H2,1-6H3,(H,49,50)(H,53,54);9-10H,2-8,11-17H2,1H3,(H,19,20)/b15-14-,27-22+,33-32+,41-26+,42-34+;10-9-. The number of phosphoric ester groups is 1. The number of aliphatic carboxylic acids is 1. The molecule has 0 bridgehead atoms. The lowest BCUT2D eigenvalue weighted by atomic mass is 9.72. The zero-order valence-electron chi connectivity index (χ0n) is 51.1. The Morgan fingerprint density at radius 2 is 1.09 bits per heavy atom. The van der Waals surface area contributed by atoms with E-state index >= 15 is 0 Å². The number of ether oxygens (including phenoxy) is 2. The summed E-state index contributed by atoms with van der Waals surface area (Å²) in [5.41, 5.74) is 5.26. The van der Waals surface area contributed by atoms with Crippen molar-refractivity contribution in [2.45, 2.75) is 273 Å². The van der Waals surface area contributed by atoms with Gasteiger partial charge in [-0.15, -0.1) is 0 Å². The maximum absolute atomic E-state index is 12.1. The molecule has 454 valence electrons. The monoisotopic (exact) mass is 1130 g/mol. The van der Waals surface area contributed by atoms with Crippen LogP contribution in [-0.2, 0) is 42.3 Å². The van der Waals surface area contributed by atoms with E-state index in [2.05, 4.69) is 89.4 Å². The fourth-order valence-electron chi connectivity index (χ4n) is 9.09. The Morgan fingerprint density at radius 1 is 0.595 bits per heavy atom. The highest BCUT2D eigenvalue weighted by Crippen LogP contribution is 2.43. The molecule has 0 aromatic carbocycles.